The average molecular weight is 346 g/mol. The Morgan fingerprint density at radius 3 is 2.76 bits per heavy atom. The van der Waals surface area contributed by atoms with Crippen molar-refractivity contribution < 1.29 is 14.3 Å². The topological polar surface area (TPSA) is 74.8 Å². The number of pyridine rings is 1. The first-order valence-corrected chi connectivity index (χ1v) is 9.04. The number of rotatable bonds is 6. The van der Waals surface area contributed by atoms with Crippen molar-refractivity contribution in [3.05, 3.63) is 24.4 Å². The Bertz CT molecular complexity index is 567. The number of hydrogen-bond acceptors (Lipinski definition) is 5. The van der Waals surface area contributed by atoms with Crippen LogP contribution in [0.4, 0.5) is 5.82 Å². The second kappa shape index (κ2) is 8.80. The van der Waals surface area contributed by atoms with Crippen LogP contribution in [0.2, 0.25) is 0 Å². The van der Waals surface area contributed by atoms with Gasteiger partial charge >= 0.3 is 0 Å². The zero-order valence-corrected chi connectivity index (χ0v) is 14.5. The van der Waals surface area contributed by atoms with Crippen molar-refractivity contribution in [2.24, 2.45) is 0 Å². The van der Waals surface area contributed by atoms with Gasteiger partial charge in [-0.2, -0.15) is 0 Å². The van der Waals surface area contributed by atoms with E-state index in [1.807, 2.05) is 23.1 Å². The molecule has 136 valence electrons. The molecule has 0 aromatic carbocycles. The first-order valence-electron chi connectivity index (χ1n) is 9.04. The van der Waals surface area contributed by atoms with Gasteiger partial charge in [-0.15, -0.1) is 0 Å². The second-order valence-corrected chi connectivity index (χ2v) is 6.49. The van der Waals surface area contributed by atoms with Gasteiger partial charge in [-0.25, -0.2) is 4.98 Å². The molecule has 0 saturated carbocycles. The fourth-order valence-electron chi connectivity index (χ4n) is 3.28. The van der Waals surface area contributed by atoms with Gasteiger partial charge in [0.05, 0.1) is 12.5 Å². The molecule has 2 fully saturated rings. The Kier molecular flexibility index (Phi) is 6.22. The summed E-state index contributed by atoms with van der Waals surface area (Å²) in [5, 5.41) is 2.83. The lowest BCUT2D eigenvalue weighted by molar-refractivity contribution is -0.131. The number of carbonyl (C=O) groups excluding carboxylic acids is 2. The molecule has 0 radical (unpaired) electrons. The Labute approximate surface area is 148 Å². The smallest absolute Gasteiger partial charge is 0.224 e. The van der Waals surface area contributed by atoms with Crippen molar-refractivity contribution >= 4 is 17.6 Å². The van der Waals surface area contributed by atoms with Crippen LogP contribution in [0.25, 0.3) is 0 Å². The molecule has 0 spiro atoms. The number of nitrogens with zero attached hydrogens (tertiary/aromatic N) is 3. The summed E-state index contributed by atoms with van der Waals surface area (Å²) in [5.41, 5.74) is 0. The maximum absolute atomic E-state index is 12.3. The van der Waals surface area contributed by atoms with Gasteiger partial charge in [-0.3, -0.25) is 9.59 Å². The van der Waals surface area contributed by atoms with Crippen LogP contribution in [-0.4, -0.2) is 67.1 Å². The van der Waals surface area contributed by atoms with E-state index in [0.717, 1.165) is 38.4 Å². The molecule has 0 bridgehead atoms. The lowest BCUT2D eigenvalue weighted by Crippen LogP contribution is -2.49. The summed E-state index contributed by atoms with van der Waals surface area (Å²) in [4.78, 5) is 32.5. The third-order valence-electron chi connectivity index (χ3n) is 4.70. The predicted octanol–water partition coefficient (Wildman–Crippen LogP) is 0.806. The highest BCUT2D eigenvalue weighted by atomic mass is 16.5. The highest BCUT2D eigenvalue weighted by molar-refractivity contribution is 5.79. The first kappa shape index (κ1) is 17.7. The van der Waals surface area contributed by atoms with Gasteiger partial charge in [0.15, 0.2) is 0 Å². The number of amides is 2. The average Bonchev–Trinajstić information content (AvgIpc) is 3.15. The molecule has 3 heterocycles. The molecular formula is C18H26N4O3. The number of piperazine rings is 1. The summed E-state index contributed by atoms with van der Waals surface area (Å²) in [7, 11) is 0. The monoisotopic (exact) mass is 346 g/mol. The molecule has 2 aliphatic rings. The molecule has 1 aromatic rings. The number of ether oxygens (including phenoxy) is 1. The summed E-state index contributed by atoms with van der Waals surface area (Å²) in [6.45, 7) is 4.10. The minimum atomic E-state index is -0.0281. The number of anilines is 1. The quantitative estimate of drug-likeness (QED) is 0.825. The maximum atomic E-state index is 12.3. The largest absolute Gasteiger partial charge is 0.378 e. The Balaban J connectivity index is 1.33. The van der Waals surface area contributed by atoms with Gasteiger partial charge in [-0.05, 0) is 25.0 Å². The fourth-order valence-corrected chi connectivity index (χ4v) is 3.28. The molecule has 2 saturated heterocycles. The molecule has 2 aliphatic heterocycles. The van der Waals surface area contributed by atoms with Crippen LogP contribution < -0.4 is 10.2 Å². The molecule has 7 heteroatoms. The lowest BCUT2D eigenvalue weighted by Gasteiger charge is -2.35. The van der Waals surface area contributed by atoms with Crippen LogP contribution in [0.3, 0.4) is 0 Å². The van der Waals surface area contributed by atoms with Gasteiger partial charge < -0.3 is 19.9 Å². The maximum Gasteiger partial charge on any atom is 0.224 e. The zero-order valence-electron chi connectivity index (χ0n) is 14.5. The SMILES string of the molecule is O=C(CC1CCCO1)NCCC(=O)N1CCN(c2ccccn2)CC1. The first-order chi connectivity index (χ1) is 12.2. The fraction of sp³-hybridized carbons (Fsp3) is 0.611. The minimum Gasteiger partial charge on any atom is -0.378 e. The summed E-state index contributed by atoms with van der Waals surface area (Å²) in [6, 6.07) is 5.86. The summed E-state index contributed by atoms with van der Waals surface area (Å²) < 4.78 is 5.45. The van der Waals surface area contributed by atoms with Gasteiger partial charge in [0.1, 0.15) is 5.82 Å². The molecule has 25 heavy (non-hydrogen) atoms. The molecule has 0 aliphatic carbocycles. The van der Waals surface area contributed by atoms with Crippen molar-refractivity contribution in [1.29, 1.82) is 0 Å². The van der Waals surface area contributed by atoms with Crippen molar-refractivity contribution in [2.75, 3.05) is 44.2 Å². The Morgan fingerprint density at radius 2 is 2.08 bits per heavy atom. The van der Waals surface area contributed by atoms with E-state index >= 15 is 0 Å². The van der Waals surface area contributed by atoms with Crippen LogP contribution in [0.15, 0.2) is 24.4 Å². The number of carbonyl (C=O) groups is 2. The van der Waals surface area contributed by atoms with Gasteiger partial charge in [0.2, 0.25) is 11.8 Å². The normalized spacial score (nSPS) is 20.6. The van der Waals surface area contributed by atoms with E-state index in [9.17, 15) is 9.59 Å². The molecule has 1 unspecified atom stereocenters. The van der Waals surface area contributed by atoms with Gasteiger partial charge in [0, 0.05) is 51.9 Å². The Morgan fingerprint density at radius 1 is 1.24 bits per heavy atom. The highest BCUT2D eigenvalue weighted by Crippen LogP contribution is 2.15. The van der Waals surface area contributed by atoms with Crippen molar-refractivity contribution in [3.63, 3.8) is 0 Å². The van der Waals surface area contributed by atoms with Crippen LogP contribution in [0.5, 0.6) is 0 Å². The molecule has 7 nitrogen and oxygen atoms in total. The molecular weight excluding hydrogens is 320 g/mol. The lowest BCUT2D eigenvalue weighted by atomic mass is 10.2. The van der Waals surface area contributed by atoms with E-state index < -0.39 is 0 Å². The summed E-state index contributed by atoms with van der Waals surface area (Å²) in [5.74, 6) is 1.02. The molecule has 3 rings (SSSR count). The van der Waals surface area contributed by atoms with Gasteiger partial charge in [0.25, 0.3) is 0 Å². The van der Waals surface area contributed by atoms with Crippen molar-refractivity contribution in [1.82, 2.24) is 15.2 Å². The number of aromatic nitrogens is 1. The Hall–Kier alpha value is -2.15. The number of nitrogens with one attached hydrogen (secondary N) is 1. The van der Waals surface area contributed by atoms with E-state index in [1.54, 1.807) is 6.20 Å². The highest BCUT2D eigenvalue weighted by Gasteiger charge is 2.22. The molecule has 1 aromatic heterocycles. The molecule has 1 atom stereocenters. The molecule has 1 N–H and O–H groups in total. The van der Waals surface area contributed by atoms with E-state index in [0.29, 0.717) is 32.5 Å². The second-order valence-electron chi connectivity index (χ2n) is 6.49. The van der Waals surface area contributed by atoms with Crippen molar-refractivity contribution in [3.8, 4) is 0 Å². The van der Waals surface area contributed by atoms with E-state index in [2.05, 4.69) is 15.2 Å². The molecule has 2 amide bonds. The predicted molar refractivity (Wildman–Crippen MR) is 94.2 cm³/mol. The summed E-state index contributed by atoms with van der Waals surface area (Å²) >= 11 is 0. The van der Waals surface area contributed by atoms with E-state index in [4.69, 9.17) is 4.74 Å². The minimum absolute atomic E-state index is 0.0281. The third-order valence-corrected chi connectivity index (χ3v) is 4.70. The van der Waals surface area contributed by atoms with E-state index in [-0.39, 0.29) is 17.9 Å². The zero-order chi connectivity index (χ0) is 17.5. The van der Waals surface area contributed by atoms with Crippen LogP contribution >= 0.6 is 0 Å². The van der Waals surface area contributed by atoms with Crippen LogP contribution in [0.1, 0.15) is 25.7 Å². The van der Waals surface area contributed by atoms with Crippen LogP contribution in [0, 0.1) is 0 Å². The van der Waals surface area contributed by atoms with Crippen molar-refractivity contribution in [2.45, 2.75) is 31.8 Å². The standard InChI is InChI=1S/C18H26N4O3/c23-17(14-15-4-3-13-25-15)20-8-6-18(24)22-11-9-21(10-12-22)16-5-1-2-7-19-16/h1-2,5,7,15H,3-4,6,8-14H2,(H,20,23). The van der Waals surface area contributed by atoms with Crippen LogP contribution in [-0.2, 0) is 14.3 Å². The third kappa shape index (κ3) is 5.16. The number of hydrogen-bond donors (Lipinski definition) is 1. The van der Waals surface area contributed by atoms with Gasteiger partial charge in [-0.1, -0.05) is 6.07 Å². The van der Waals surface area contributed by atoms with E-state index in [1.165, 1.54) is 0 Å². The summed E-state index contributed by atoms with van der Waals surface area (Å²) in [6.07, 6.45) is 4.56.